The van der Waals surface area contributed by atoms with Crippen LogP contribution < -0.4 is 5.32 Å². The van der Waals surface area contributed by atoms with Gasteiger partial charge in [0.05, 0.1) is 6.04 Å². The summed E-state index contributed by atoms with van der Waals surface area (Å²) in [6, 6.07) is 12.9. The molecule has 94 valence electrons. The van der Waals surface area contributed by atoms with Crippen LogP contribution >= 0.6 is 0 Å². The number of hydrogen-bond acceptors (Lipinski definition) is 2. The zero-order valence-corrected chi connectivity index (χ0v) is 11.1. The first-order valence-corrected chi connectivity index (χ1v) is 6.51. The second-order valence-electron chi connectivity index (χ2n) is 4.53. The molecule has 1 unspecified atom stereocenters. The number of aromatic nitrogens is 1. The van der Waals surface area contributed by atoms with Gasteiger partial charge in [-0.3, -0.25) is 4.98 Å². The highest BCUT2D eigenvalue weighted by atomic mass is 14.9. The monoisotopic (exact) mass is 240 g/mol. The molecule has 1 N–H and O–H groups in total. The van der Waals surface area contributed by atoms with Gasteiger partial charge in [-0.25, -0.2) is 0 Å². The summed E-state index contributed by atoms with van der Waals surface area (Å²) in [7, 11) is 0. The zero-order valence-electron chi connectivity index (χ0n) is 11.1. The van der Waals surface area contributed by atoms with Crippen LogP contribution in [0.25, 0.3) is 0 Å². The van der Waals surface area contributed by atoms with Crippen molar-refractivity contribution in [3.05, 3.63) is 65.5 Å². The highest BCUT2D eigenvalue weighted by Crippen LogP contribution is 2.24. The fourth-order valence-electron chi connectivity index (χ4n) is 2.15. The lowest BCUT2D eigenvalue weighted by atomic mass is 9.96. The Kier molecular flexibility index (Phi) is 4.48. The van der Waals surface area contributed by atoms with E-state index in [1.807, 2.05) is 18.5 Å². The second-order valence-corrected chi connectivity index (χ2v) is 4.53. The molecule has 0 aliphatic heterocycles. The molecule has 2 rings (SSSR count). The maximum atomic E-state index is 4.23. The van der Waals surface area contributed by atoms with Gasteiger partial charge < -0.3 is 5.32 Å². The molecule has 2 heteroatoms. The first kappa shape index (κ1) is 12.8. The molecule has 1 aromatic carbocycles. The van der Waals surface area contributed by atoms with E-state index in [0.29, 0.717) is 0 Å². The Morgan fingerprint density at radius 3 is 2.67 bits per heavy atom. The third-order valence-corrected chi connectivity index (χ3v) is 3.12. The standard InChI is InChI=1S/C16H20N2/c1-3-10-18-16(14-8-6-11-17-12-14)15-9-5-4-7-13(15)2/h4-9,11-12,16,18H,3,10H2,1-2H3. The molecular weight excluding hydrogens is 220 g/mol. The van der Waals surface area contributed by atoms with Crippen LogP contribution in [0.2, 0.25) is 0 Å². The Hall–Kier alpha value is -1.67. The molecule has 0 aliphatic rings. The predicted molar refractivity (Wildman–Crippen MR) is 75.6 cm³/mol. The molecule has 0 bridgehead atoms. The van der Waals surface area contributed by atoms with Crippen LogP contribution in [0, 0.1) is 6.92 Å². The number of pyridine rings is 1. The van der Waals surface area contributed by atoms with Gasteiger partial charge in [0.15, 0.2) is 0 Å². The summed E-state index contributed by atoms with van der Waals surface area (Å²) in [6.45, 7) is 5.35. The fraction of sp³-hybridized carbons (Fsp3) is 0.312. The molecule has 0 saturated heterocycles. The average Bonchev–Trinajstić information content (AvgIpc) is 2.42. The van der Waals surface area contributed by atoms with E-state index in [-0.39, 0.29) is 6.04 Å². The number of benzene rings is 1. The number of aryl methyl sites for hydroxylation is 1. The van der Waals surface area contributed by atoms with Crippen LogP contribution in [0.3, 0.4) is 0 Å². The minimum atomic E-state index is 0.236. The normalized spacial score (nSPS) is 12.3. The molecule has 0 saturated carbocycles. The number of nitrogens with zero attached hydrogens (tertiary/aromatic N) is 1. The molecule has 1 aromatic heterocycles. The lowest BCUT2D eigenvalue weighted by molar-refractivity contribution is 0.595. The predicted octanol–water partition coefficient (Wildman–Crippen LogP) is 3.48. The van der Waals surface area contributed by atoms with Gasteiger partial charge in [-0.1, -0.05) is 37.3 Å². The van der Waals surface area contributed by atoms with Gasteiger partial charge in [-0.2, -0.15) is 0 Å². The van der Waals surface area contributed by atoms with Crippen molar-refractivity contribution in [3.63, 3.8) is 0 Å². The summed E-state index contributed by atoms with van der Waals surface area (Å²) in [5.41, 5.74) is 3.87. The van der Waals surface area contributed by atoms with Gasteiger partial charge in [0.25, 0.3) is 0 Å². The summed E-state index contributed by atoms with van der Waals surface area (Å²) in [6.07, 6.45) is 4.89. The minimum absolute atomic E-state index is 0.236. The van der Waals surface area contributed by atoms with Crippen molar-refractivity contribution < 1.29 is 0 Å². The average molecular weight is 240 g/mol. The Labute approximate surface area is 109 Å². The van der Waals surface area contributed by atoms with Crippen LogP contribution in [-0.4, -0.2) is 11.5 Å². The molecular formula is C16H20N2. The van der Waals surface area contributed by atoms with Crippen LogP contribution in [0.1, 0.15) is 36.1 Å². The summed E-state index contributed by atoms with van der Waals surface area (Å²) >= 11 is 0. The highest BCUT2D eigenvalue weighted by molar-refractivity contribution is 5.35. The van der Waals surface area contributed by atoms with E-state index in [1.54, 1.807) is 0 Å². The van der Waals surface area contributed by atoms with Gasteiger partial charge in [0.1, 0.15) is 0 Å². The van der Waals surface area contributed by atoms with Gasteiger partial charge in [-0.15, -0.1) is 0 Å². The minimum Gasteiger partial charge on any atom is -0.306 e. The van der Waals surface area contributed by atoms with Crippen molar-refractivity contribution in [1.29, 1.82) is 0 Å². The Morgan fingerprint density at radius 1 is 1.17 bits per heavy atom. The van der Waals surface area contributed by atoms with Crippen LogP contribution in [0.15, 0.2) is 48.8 Å². The van der Waals surface area contributed by atoms with Gasteiger partial charge in [0.2, 0.25) is 0 Å². The maximum absolute atomic E-state index is 4.23. The molecule has 0 amide bonds. The third-order valence-electron chi connectivity index (χ3n) is 3.12. The highest BCUT2D eigenvalue weighted by Gasteiger charge is 2.14. The van der Waals surface area contributed by atoms with Gasteiger partial charge >= 0.3 is 0 Å². The molecule has 2 aromatic rings. The molecule has 0 radical (unpaired) electrons. The summed E-state index contributed by atoms with van der Waals surface area (Å²) in [5, 5.41) is 3.60. The zero-order chi connectivity index (χ0) is 12.8. The summed E-state index contributed by atoms with van der Waals surface area (Å²) in [4.78, 5) is 4.23. The lowest BCUT2D eigenvalue weighted by Crippen LogP contribution is -2.24. The van der Waals surface area contributed by atoms with Gasteiger partial charge in [0, 0.05) is 12.4 Å². The van der Waals surface area contributed by atoms with E-state index in [0.717, 1.165) is 13.0 Å². The SMILES string of the molecule is CCCNC(c1cccnc1)c1ccccc1C. The first-order valence-electron chi connectivity index (χ1n) is 6.51. The molecule has 0 fully saturated rings. The number of rotatable bonds is 5. The molecule has 0 spiro atoms. The first-order chi connectivity index (χ1) is 8.83. The maximum Gasteiger partial charge on any atom is 0.0594 e. The van der Waals surface area contributed by atoms with Crippen molar-refractivity contribution in [2.24, 2.45) is 0 Å². The summed E-state index contributed by atoms with van der Waals surface area (Å²) in [5.74, 6) is 0. The second kappa shape index (κ2) is 6.31. The van der Waals surface area contributed by atoms with Crippen molar-refractivity contribution in [2.45, 2.75) is 26.3 Å². The van der Waals surface area contributed by atoms with Crippen molar-refractivity contribution in [1.82, 2.24) is 10.3 Å². The largest absolute Gasteiger partial charge is 0.306 e. The Balaban J connectivity index is 2.34. The van der Waals surface area contributed by atoms with Crippen LogP contribution in [0.4, 0.5) is 0 Å². The van der Waals surface area contributed by atoms with Crippen molar-refractivity contribution in [3.8, 4) is 0 Å². The number of hydrogen-bond donors (Lipinski definition) is 1. The fourth-order valence-corrected chi connectivity index (χ4v) is 2.15. The topological polar surface area (TPSA) is 24.9 Å². The van der Waals surface area contributed by atoms with Crippen LogP contribution in [0.5, 0.6) is 0 Å². The van der Waals surface area contributed by atoms with Crippen molar-refractivity contribution >= 4 is 0 Å². The van der Waals surface area contributed by atoms with E-state index in [9.17, 15) is 0 Å². The molecule has 18 heavy (non-hydrogen) atoms. The van der Waals surface area contributed by atoms with Crippen molar-refractivity contribution in [2.75, 3.05) is 6.54 Å². The van der Waals surface area contributed by atoms with Crippen LogP contribution in [-0.2, 0) is 0 Å². The molecule has 2 nitrogen and oxygen atoms in total. The molecule has 1 heterocycles. The Morgan fingerprint density at radius 2 is 2.00 bits per heavy atom. The molecule has 0 aliphatic carbocycles. The number of nitrogens with one attached hydrogen (secondary N) is 1. The van der Waals surface area contributed by atoms with E-state index in [1.165, 1.54) is 16.7 Å². The van der Waals surface area contributed by atoms with E-state index >= 15 is 0 Å². The Bertz CT molecular complexity index is 479. The third kappa shape index (κ3) is 2.96. The van der Waals surface area contributed by atoms with Gasteiger partial charge in [-0.05, 0) is 42.6 Å². The van der Waals surface area contributed by atoms with E-state index in [2.05, 4.69) is 54.5 Å². The quantitative estimate of drug-likeness (QED) is 0.865. The van der Waals surface area contributed by atoms with E-state index < -0.39 is 0 Å². The molecule has 1 atom stereocenters. The van der Waals surface area contributed by atoms with E-state index in [4.69, 9.17) is 0 Å². The summed E-state index contributed by atoms with van der Waals surface area (Å²) < 4.78 is 0. The lowest BCUT2D eigenvalue weighted by Gasteiger charge is -2.21. The smallest absolute Gasteiger partial charge is 0.0594 e.